The van der Waals surface area contributed by atoms with Crippen molar-refractivity contribution in [1.29, 1.82) is 0 Å². The van der Waals surface area contributed by atoms with Crippen molar-refractivity contribution in [1.82, 2.24) is 0 Å². The Morgan fingerprint density at radius 3 is 2.84 bits per heavy atom. The fourth-order valence-electron chi connectivity index (χ4n) is 2.40. The zero-order valence-corrected chi connectivity index (χ0v) is 11.8. The molecule has 1 aliphatic rings. The number of hydrogen-bond acceptors (Lipinski definition) is 3. The Bertz CT molecular complexity index is 615. The first kappa shape index (κ1) is 12.5. The van der Waals surface area contributed by atoms with Crippen LogP contribution in [0.5, 0.6) is 11.5 Å². The second-order valence-corrected chi connectivity index (χ2v) is 5.64. The first-order valence-corrected chi connectivity index (χ1v) is 6.93. The highest BCUT2D eigenvalue weighted by atomic mass is 79.9. The molecule has 19 heavy (non-hydrogen) atoms. The molecule has 1 heterocycles. The molecule has 3 N–H and O–H groups in total. The molecule has 4 heteroatoms. The number of nitrogens with two attached hydrogens (primary N) is 1. The van der Waals surface area contributed by atoms with E-state index in [9.17, 15) is 5.11 Å². The van der Waals surface area contributed by atoms with E-state index in [1.165, 1.54) is 0 Å². The van der Waals surface area contributed by atoms with E-state index < -0.39 is 0 Å². The molecule has 0 saturated heterocycles. The maximum Gasteiger partial charge on any atom is 0.126 e. The maximum atomic E-state index is 9.55. The normalized spacial score (nSPS) is 21.6. The second-order valence-electron chi connectivity index (χ2n) is 4.73. The smallest absolute Gasteiger partial charge is 0.126 e. The molecule has 98 valence electrons. The van der Waals surface area contributed by atoms with E-state index in [1.54, 1.807) is 12.1 Å². The van der Waals surface area contributed by atoms with Crippen LogP contribution in [0.2, 0.25) is 0 Å². The lowest BCUT2D eigenvalue weighted by Gasteiger charge is -2.30. The minimum atomic E-state index is -0.115. The van der Waals surface area contributed by atoms with E-state index in [0.717, 1.165) is 21.3 Å². The molecule has 0 bridgehead atoms. The van der Waals surface area contributed by atoms with Gasteiger partial charge in [0.1, 0.15) is 17.6 Å². The highest BCUT2D eigenvalue weighted by molar-refractivity contribution is 9.10. The molecule has 1 aliphatic heterocycles. The number of phenolic OH excluding ortho intramolecular Hbond substituents is 1. The first-order valence-electron chi connectivity index (χ1n) is 6.14. The van der Waals surface area contributed by atoms with Gasteiger partial charge in [0, 0.05) is 22.5 Å². The summed E-state index contributed by atoms with van der Waals surface area (Å²) in [6, 6.07) is 12.9. The fourth-order valence-corrected chi connectivity index (χ4v) is 2.78. The first-order chi connectivity index (χ1) is 9.13. The minimum absolute atomic E-state index is 0.0615. The topological polar surface area (TPSA) is 55.5 Å². The molecule has 2 aromatic carbocycles. The van der Waals surface area contributed by atoms with Crippen molar-refractivity contribution in [2.24, 2.45) is 5.73 Å². The number of ether oxygens (including phenoxy) is 1. The van der Waals surface area contributed by atoms with Gasteiger partial charge in [0.15, 0.2) is 0 Å². The molecule has 3 nitrogen and oxygen atoms in total. The standard InChI is InChI=1S/C15H14BrNO2/c16-10-4-5-14-12(7-10)13(17)8-15(19-14)9-2-1-3-11(18)6-9/h1-7,13,15,18H,8,17H2/t13-,15?/m0/s1. The number of benzene rings is 2. The molecular formula is C15H14BrNO2. The van der Waals surface area contributed by atoms with Gasteiger partial charge < -0.3 is 15.6 Å². The molecule has 0 aromatic heterocycles. The van der Waals surface area contributed by atoms with Crippen LogP contribution in [0.25, 0.3) is 0 Å². The van der Waals surface area contributed by atoms with E-state index >= 15 is 0 Å². The largest absolute Gasteiger partial charge is 0.508 e. The van der Waals surface area contributed by atoms with Gasteiger partial charge in [-0.2, -0.15) is 0 Å². The Morgan fingerprint density at radius 1 is 1.21 bits per heavy atom. The molecule has 3 rings (SSSR count). The summed E-state index contributed by atoms with van der Waals surface area (Å²) in [6.07, 6.45) is 0.586. The van der Waals surface area contributed by atoms with Crippen LogP contribution in [0.15, 0.2) is 46.9 Å². The van der Waals surface area contributed by atoms with E-state index in [4.69, 9.17) is 10.5 Å². The van der Waals surface area contributed by atoms with Crippen LogP contribution in [0.3, 0.4) is 0 Å². The summed E-state index contributed by atoms with van der Waals surface area (Å²) >= 11 is 3.44. The zero-order chi connectivity index (χ0) is 13.4. The highest BCUT2D eigenvalue weighted by Gasteiger charge is 2.27. The Morgan fingerprint density at radius 2 is 2.05 bits per heavy atom. The quantitative estimate of drug-likeness (QED) is 0.843. The maximum absolute atomic E-state index is 9.55. The van der Waals surface area contributed by atoms with Crippen LogP contribution in [0.1, 0.15) is 29.7 Å². The van der Waals surface area contributed by atoms with E-state index in [0.29, 0.717) is 6.42 Å². The lowest BCUT2D eigenvalue weighted by molar-refractivity contribution is 0.161. The summed E-state index contributed by atoms with van der Waals surface area (Å²) in [5.41, 5.74) is 8.19. The number of aromatic hydroxyl groups is 1. The van der Waals surface area contributed by atoms with E-state index in [2.05, 4.69) is 15.9 Å². The van der Waals surface area contributed by atoms with Crippen molar-refractivity contribution in [3.63, 3.8) is 0 Å². The molecule has 0 saturated carbocycles. The van der Waals surface area contributed by atoms with Crippen LogP contribution in [-0.2, 0) is 0 Å². The highest BCUT2D eigenvalue weighted by Crippen LogP contribution is 2.41. The lowest BCUT2D eigenvalue weighted by atomic mass is 9.93. The van der Waals surface area contributed by atoms with Gasteiger partial charge in [0.05, 0.1) is 0 Å². The Kier molecular flexibility index (Phi) is 3.21. The molecule has 0 spiro atoms. The average molecular weight is 320 g/mol. The summed E-state index contributed by atoms with van der Waals surface area (Å²) in [5.74, 6) is 1.06. The number of halogens is 1. The van der Waals surface area contributed by atoms with Crippen molar-refractivity contribution in [3.8, 4) is 11.5 Å². The summed E-state index contributed by atoms with van der Waals surface area (Å²) in [5, 5.41) is 9.55. The van der Waals surface area contributed by atoms with Crippen molar-refractivity contribution in [2.75, 3.05) is 0 Å². The monoisotopic (exact) mass is 319 g/mol. The van der Waals surface area contributed by atoms with Crippen molar-refractivity contribution in [2.45, 2.75) is 18.6 Å². The van der Waals surface area contributed by atoms with Gasteiger partial charge in [0.25, 0.3) is 0 Å². The number of fused-ring (bicyclic) bond motifs is 1. The number of rotatable bonds is 1. The molecular weight excluding hydrogens is 306 g/mol. The number of phenols is 1. The predicted octanol–water partition coefficient (Wildman–Crippen LogP) is 3.68. The van der Waals surface area contributed by atoms with Crippen LogP contribution in [-0.4, -0.2) is 5.11 Å². The molecule has 0 aliphatic carbocycles. The van der Waals surface area contributed by atoms with Crippen molar-refractivity contribution >= 4 is 15.9 Å². The SMILES string of the molecule is N[C@H]1CC(c2cccc(O)c2)Oc2ccc(Br)cc21. The third-order valence-corrected chi connectivity index (χ3v) is 3.84. The fraction of sp³-hybridized carbons (Fsp3) is 0.200. The van der Waals surface area contributed by atoms with Gasteiger partial charge in [-0.1, -0.05) is 28.1 Å². The van der Waals surface area contributed by atoms with Gasteiger partial charge in [-0.15, -0.1) is 0 Å². The molecule has 0 fully saturated rings. The predicted molar refractivity (Wildman–Crippen MR) is 77.2 cm³/mol. The number of hydrogen-bond donors (Lipinski definition) is 2. The van der Waals surface area contributed by atoms with Crippen LogP contribution in [0, 0.1) is 0 Å². The van der Waals surface area contributed by atoms with Gasteiger partial charge in [-0.05, 0) is 35.9 Å². The Balaban J connectivity index is 1.95. The Labute approximate surface area is 120 Å². The average Bonchev–Trinajstić information content (AvgIpc) is 2.39. The summed E-state index contributed by atoms with van der Waals surface area (Å²) in [7, 11) is 0. The third-order valence-electron chi connectivity index (χ3n) is 3.35. The summed E-state index contributed by atoms with van der Waals surface area (Å²) < 4.78 is 6.99. The van der Waals surface area contributed by atoms with Crippen LogP contribution >= 0.6 is 15.9 Å². The zero-order valence-electron chi connectivity index (χ0n) is 10.2. The van der Waals surface area contributed by atoms with Crippen molar-refractivity contribution in [3.05, 3.63) is 58.1 Å². The van der Waals surface area contributed by atoms with Crippen LogP contribution in [0.4, 0.5) is 0 Å². The minimum Gasteiger partial charge on any atom is -0.508 e. The third kappa shape index (κ3) is 2.46. The molecule has 0 radical (unpaired) electrons. The molecule has 1 unspecified atom stereocenters. The Hall–Kier alpha value is -1.52. The van der Waals surface area contributed by atoms with E-state index in [1.807, 2.05) is 30.3 Å². The van der Waals surface area contributed by atoms with Crippen LogP contribution < -0.4 is 10.5 Å². The van der Waals surface area contributed by atoms with Gasteiger partial charge in [-0.3, -0.25) is 0 Å². The van der Waals surface area contributed by atoms with Gasteiger partial charge >= 0.3 is 0 Å². The second kappa shape index (κ2) is 4.87. The summed E-state index contributed by atoms with van der Waals surface area (Å²) in [4.78, 5) is 0. The molecule has 2 aromatic rings. The summed E-state index contributed by atoms with van der Waals surface area (Å²) in [6.45, 7) is 0. The van der Waals surface area contributed by atoms with Crippen molar-refractivity contribution < 1.29 is 9.84 Å². The molecule has 0 amide bonds. The van der Waals surface area contributed by atoms with Gasteiger partial charge in [0.2, 0.25) is 0 Å². The van der Waals surface area contributed by atoms with Gasteiger partial charge in [-0.25, -0.2) is 0 Å². The van der Waals surface area contributed by atoms with E-state index in [-0.39, 0.29) is 17.9 Å². The lowest BCUT2D eigenvalue weighted by Crippen LogP contribution is -2.24. The molecule has 2 atom stereocenters.